The number of hydrogen-bond acceptors (Lipinski definition) is 4. The molecule has 3 atom stereocenters. The third-order valence-corrected chi connectivity index (χ3v) is 7.57. The molecule has 3 amide bonds. The monoisotopic (exact) mass is 488 g/mol. The molecular weight excluding hydrogens is 459 g/mol. The molecule has 3 heterocycles. The Bertz CT molecular complexity index is 1310. The Labute approximate surface area is 209 Å². The zero-order valence-electron chi connectivity index (χ0n) is 20.7. The van der Waals surface area contributed by atoms with Crippen molar-refractivity contribution in [3.8, 4) is 6.07 Å². The van der Waals surface area contributed by atoms with Crippen molar-refractivity contribution in [3.63, 3.8) is 0 Å². The molecule has 0 aromatic heterocycles. The fourth-order valence-corrected chi connectivity index (χ4v) is 5.85. The second-order valence-electron chi connectivity index (χ2n) is 11.2. The number of carbonyl (C=O) groups excluding carboxylic acids is 3. The molecular formula is C28H29FN4O3. The van der Waals surface area contributed by atoms with Crippen molar-refractivity contribution in [2.24, 2.45) is 5.41 Å². The van der Waals surface area contributed by atoms with Gasteiger partial charge in [0, 0.05) is 30.8 Å². The van der Waals surface area contributed by atoms with Gasteiger partial charge in [0.2, 0.25) is 11.8 Å². The summed E-state index contributed by atoms with van der Waals surface area (Å²) in [5, 5.41) is 12.9. The Balaban J connectivity index is 1.51. The zero-order chi connectivity index (χ0) is 25.8. The molecule has 36 heavy (non-hydrogen) atoms. The summed E-state index contributed by atoms with van der Waals surface area (Å²) >= 11 is 0. The van der Waals surface area contributed by atoms with Crippen molar-refractivity contribution in [1.82, 2.24) is 9.80 Å². The molecule has 3 aliphatic rings. The molecule has 0 radical (unpaired) electrons. The van der Waals surface area contributed by atoms with E-state index in [2.05, 4.69) is 11.4 Å². The van der Waals surface area contributed by atoms with E-state index in [-0.39, 0.29) is 41.7 Å². The van der Waals surface area contributed by atoms with E-state index < -0.39 is 23.3 Å². The van der Waals surface area contributed by atoms with E-state index in [1.807, 2.05) is 45.0 Å². The smallest absolute Gasteiger partial charge is 0.254 e. The van der Waals surface area contributed by atoms with Crippen molar-refractivity contribution in [1.29, 1.82) is 5.26 Å². The van der Waals surface area contributed by atoms with E-state index >= 15 is 0 Å². The van der Waals surface area contributed by atoms with Crippen molar-refractivity contribution in [2.45, 2.75) is 57.5 Å². The number of fused-ring (bicyclic) bond motifs is 3. The van der Waals surface area contributed by atoms with Gasteiger partial charge in [0.15, 0.2) is 0 Å². The van der Waals surface area contributed by atoms with Gasteiger partial charge in [-0.15, -0.1) is 0 Å². The average molecular weight is 489 g/mol. The number of para-hydroxylation sites is 1. The van der Waals surface area contributed by atoms with E-state index in [0.29, 0.717) is 25.1 Å². The highest BCUT2D eigenvalue weighted by Crippen LogP contribution is 2.46. The number of nitrogens with zero attached hydrogens (tertiary/aromatic N) is 3. The predicted octanol–water partition coefficient (Wildman–Crippen LogP) is 3.64. The molecule has 1 fully saturated rings. The van der Waals surface area contributed by atoms with E-state index in [4.69, 9.17) is 0 Å². The van der Waals surface area contributed by atoms with Gasteiger partial charge >= 0.3 is 0 Å². The number of halogens is 1. The summed E-state index contributed by atoms with van der Waals surface area (Å²) < 4.78 is 14.0. The molecule has 0 saturated carbocycles. The van der Waals surface area contributed by atoms with Gasteiger partial charge in [0.1, 0.15) is 17.9 Å². The lowest BCUT2D eigenvalue weighted by molar-refractivity contribution is -0.137. The summed E-state index contributed by atoms with van der Waals surface area (Å²) in [5.41, 5.74) is 1.21. The van der Waals surface area contributed by atoms with Gasteiger partial charge in [-0.1, -0.05) is 45.0 Å². The van der Waals surface area contributed by atoms with E-state index in [0.717, 1.165) is 11.1 Å². The molecule has 0 bridgehead atoms. The summed E-state index contributed by atoms with van der Waals surface area (Å²) in [7, 11) is 0. The second-order valence-corrected chi connectivity index (χ2v) is 11.2. The summed E-state index contributed by atoms with van der Waals surface area (Å²) in [5.74, 6) is -1.45. The summed E-state index contributed by atoms with van der Waals surface area (Å²) in [4.78, 5) is 43.8. The van der Waals surface area contributed by atoms with Crippen LogP contribution in [-0.4, -0.2) is 52.7 Å². The molecule has 186 valence electrons. The summed E-state index contributed by atoms with van der Waals surface area (Å²) in [6.45, 7) is 6.36. The van der Waals surface area contributed by atoms with Crippen LogP contribution < -0.4 is 5.32 Å². The molecule has 0 unspecified atom stereocenters. The van der Waals surface area contributed by atoms with Crippen molar-refractivity contribution in [2.75, 3.05) is 18.4 Å². The zero-order valence-corrected chi connectivity index (χ0v) is 20.7. The number of nitriles is 1. The highest BCUT2D eigenvalue weighted by Gasteiger charge is 2.57. The van der Waals surface area contributed by atoms with Gasteiger partial charge in [0.25, 0.3) is 5.91 Å². The summed E-state index contributed by atoms with van der Waals surface area (Å²) in [6, 6.07) is 12.1. The van der Waals surface area contributed by atoms with Crippen LogP contribution in [0.25, 0.3) is 0 Å². The van der Waals surface area contributed by atoms with Gasteiger partial charge in [-0.05, 0) is 47.6 Å². The number of hydrogen-bond donors (Lipinski definition) is 1. The molecule has 0 aliphatic carbocycles. The second kappa shape index (κ2) is 8.44. The van der Waals surface area contributed by atoms with Gasteiger partial charge in [-0.2, -0.15) is 5.26 Å². The molecule has 3 aliphatic heterocycles. The topological polar surface area (TPSA) is 93.5 Å². The first-order chi connectivity index (χ1) is 17.0. The highest BCUT2D eigenvalue weighted by atomic mass is 19.1. The maximum absolute atomic E-state index is 14.2. The van der Waals surface area contributed by atoms with Crippen molar-refractivity contribution >= 4 is 23.4 Å². The molecule has 2 aromatic rings. The normalized spacial score (nSPS) is 23.8. The minimum Gasteiger partial charge on any atom is -0.326 e. The number of carbonyl (C=O) groups is 3. The number of rotatable bonds is 3. The quantitative estimate of drug-likeness (QED) is 0.714. The highest BCUT2D eigenvalue weighted by molar-refractivity contribution is 6.07. The fraction of sp³-hybridized carbons (Fsp3) is 0.429. The minimum absolute atomic E-state index is 0.0702. The number of benzene rings is 2. The number of nitrogens with one attached hydrogen (secondary N) is 1. The van der Waals surface area contributed by atoms with Crippen LogP contribution in [0.2, 0.25) is 0 Å². The Kier molecular flexibility index (Phi) is 5.62. The number of anilines is 1. The average Bonchev–Trinajstić information content (AvgIpc) is 3.36. The van der Waals surface area contributed by atoms with E-state index in [1.165, 1.54) is 21.9 Å². The number of amides is 3. The first-order valence-corrected chi connectivity index (χ1v) is 12.2. The van der Waals surface area contributed by atoms with Crippen LogP contribution in [0.3, 0.4) is 0 Å². The lowest BCUT2D eigenvalue weighted by Crippen LogP contribution is -2.55. The van der Waals surface area contributed by atoms with E-state index in [9.17, 15) is 24.0 Å². The Morgan fingerprint density at radius 3 is 2.72 bits per heavy atom. The first-order valence-electron chi connectivity index (χ1n) is 12.2. The third-order valence-electron chi connectivity index (χ3n) is 7.57. The lowest BCUT2D eigenvalue weighted by Gasteiger charge is -2.39. The van der Waals surface area contributed by atoms with Gasteiger partial charge in [-0.25, -0.2) is 4.39 Å². The van der Waals surface area contributed by atoms with Crippen LogP contribution in [-0.2, 0) is 21.4 Å². The Hall–Kier alpha value is -3.73. The minimum atomic E-state index is -0.999. The molecule has 1 spiro atoms. The van der Waals surface area contributed by atoms with Crippen LogP contribution in [0.4, 0.5) is 10.1 Å². The Morgan fingerprint density at radius 1 is 1.25 bits per heavy atom. The first kappa shape index (κ1) is 24.0. The molecule has 5 rings (SSSR count). The van der Waals surface area contributed by atoms with Crippen LogP contribution in [0, 0.1) is 22.6 Å². The van der Waals surface area contributed by atoms with Crippen molar-refractivity contribution < 1.29 is 18.8 Å². The summed E-state index contributed by atoms with van der Waals surface area (Å²) in [6.07, 6.45) is 1.08. The molecule has 8 heteroatoms. The number of likely N-dealkylation sites (tertiary alicyclic amines) is 1. The van der Waals surface area contributed by atoms with Crippen LogP contribution in [0.5, 0.6) is 0 Å². The van der Waals surface area contributed by atoms with Crippen LogP contribution in [0.1, 0.15) is 55.1 Å². The van der Waals surface area contributed by atoms with Crippen LogP contribution >= 0.6 is 0 Å². The van der Waals surface area contributed by atoms with Crippen LogP contribution in [0.15, 0.2) is 42.5 Å². The molecule has 2 aromatic carbocycles. The maximum Gasteiger partial charge on any atom is 0.254 e. The van der Waals surface area contributed by atoms with E-state index in [1.54, 1.807) is 6.07 Å². The Morgan fingerprint density at radius 2 is 2.00 bits per heavy atom. The van der Waals surface area contributed by atoms with Gasteiger partial charge < -0.3 is 15.1 Å². The third kappa shape index (κ3) is 3.83. The maximum atomic E-state index is 14.2. The van der Waals surface area contributed by atoms with Gasteiger partial charge in [0.05, 0.1) is 11.5 Å². The molecule has 1 N–H and O–H groups in total. The van der Waals surface area contributed by atoms with Gasteiger partial charge in [-0.3, -0.25) is 14.4 Å². The largest absolute Gasteiger partial charge is 0.326 e. The molecule has 7 nitrogen and oxygen atoms in total. The fourth-order valence-electron chi connectivity index (χ4n) is 5.85. The molecule has 1 saturated heterocycles. The predicted molar refractivity (Wildman–Crippen MR) is 131 cm³/mol. The lowest BCUT2D eigenvalue weighted by atomic mass is 9.80. The SMILES string of the molecule is CC(C)(C)C[C@@H](C(=O)N1C[C@]2(C[C@H]1C#N)C(=O)Nc1ccccc12)N1CCc2ccc(F)cc2C1=O. The standard InChI is InChI=1S/C28H29FN4O3/c1-27(2,3)14-23(32-11-10-17-8-9-18(29)12-20(17)24(32)34)25(35)33-16-28(13-19(33)15-30)21-6-4-5-7-22(21)31-26(28)36/h4-9,12,19,23H,10-11,13-14,16H2,1-3H3,(H,31,36)/t19-,23-,28-/m0/s1. The van der Waals surface area contributed by atoms with Crippen molar-refractivity contribution in [3.05, 3.63) is 65.0 Å².